The van der Waals surface area contributed by atoms with Crippen LogP contribution in [0, 0.1) is 11.6 Å². The van der Waals surface area contributed by atoms with Crippen LogP contribution in [0.2, 0.25) is 18.1 Å². The van der Waals surface area contributed by atoms with Gasteiger partial charge in [0, 0.05) is 30.6 Å². The summed E-state index contributed by atoms with van der Waals surface area (Å²) in [7, 11) is -0.214. The van der Waals surface area contributed by atoms with E-state index in [-0.39, 0.29) is 41.5 Å². The number of halogens is 2. The number of carbonyl (C=O) groups excluding carboxylic acids is 2. The molecule has 0 atom stereocenters. The zero-order chi connectivity index (χ0) is 33.0. The van der Waals surface area contributed by atoms with E-state index in [1.807, 2.05) is 30.9 Å². The molecule has 1 amide bonds. The van der Waals surface area contributed by atoms with Gasteiger partial charge in [-0.1, -0.05) is 32.9 Å². The predicted molar refractivity (Wildman–Crippen MR) is 178 cm³/mol. The smallest absolute Gasteiger partial charge is 0.349 e. The second kappa shape index (κ2) is 14.5. The predicted octanol–water partition coefficient (Wildman–Crippen LogP) is 7.66. The monoisotopic (exact) mass is 678 g/mol. The Balaban J connectivity index is 1.24. The molecule has 3 aromatic rings. The summed E-state index contributed by atoms with van der Waals surface area (Å²) in [6.07, 6.45) is 2.57. The lowest BCUT2D eigenvalue weighted by atomic mass is 9.91. The first-order valence-corrected chi connectivity index (χ1v) is 19.9. The van der Waals surface area contributed by atoms with Gasteiger partial charge in [-0.15, -0.1) is 22.7 Å². The molecule has 7 nitrogen and oxygen atoms in total. The number of rotatable bonds is 12. The van der Waals surface area contributed by atoms with Crippen molar-refractivity contribution < 1.29 is 32.6 Å². The number of ether oxygens (including phenoxy) is 1. The van der Waals surface area contributed by atoms with Gasteiger partial charge in [0.1, 0.15) is 17.7 Å². The van der Waals surface area contributed by atoms with Crippen molar-refractivity contribution in [2.24, 2.45) is 0 Å². The Morgan fingerprint density at radius 1 is 1.02 bits per heavy atom. The average molecular weight is 679 g/mol. The molecule has 1 aliphatic carbocycles. The molecule has 0 saturated heterocycles. The molecule has 1 aromatic carbocycles. The van der Waals surface area contributed by atoms with Crippen molar-refractivity contribution >= 4 is 48.6 Å². The summed E-state index contributed by atoms with van der Waals surface area (Å²) >= 11 is 2.62. The van der Waals surface area contributed by atoms with E-state index in [0.29, 0.717) is 29.1 Å². The fraction of sp³-hybridized carbons (Fsp3) is 0.515. The third-order valence-electron chi connectivity index (χ3n) is 9.09. The van der Waals surface area contributed by atoms with Crippen LogP contribution in [0.15, 0.2) is 47.2 Å². The van der Waals surface area contributed by atoms with Crippen molar-refractivity contribution in [3.8, 4) is 0 Å². The molecular weight excluding hydrogens is 635 g/mol. The maximum Gasteiger partial charge on any atom is 0.349 e. The van der Waals surface area contributed by atoms with E-state index in [9.17, 15) is 23.5 Å². The first kappa shape index (κ1) is 35.4. The van der Waals surface area contributed by atoms with E-state index >= 15 is 0 Å². The fourth-order valence-corrected chi connectivity index (χ4v) is 7.74. The number of hydrogen-bond donors (Lipinski definition) is 2. The number of aliphatic hydroxyl groups is 1. The normalized spacial score (nSPS) is 17.8. The zero-order valence-electron chi connectivity index (χ0n) is 26.8. The minimum absolute atomic E-state index is 0.0240. The third-order valence-corrected chi connectivity index (χ3v) is 15.5. The largest absolute Gasteiger partial charge is 0.460 e. The number of nitrogens with one attached hydrogen (secondary N) is 1. The maximum atomic E-state index is 14.8. The maximum absolute atomic E-state index is 14.8. The van der Waals surface area contributed by atoms with Crippen LogP contribution in [-0.2, 0) is 31.0 Å². The first-order chi connectivity index (χ1) is 21.1. The Hall–Kier alpha value is -2.48. The number of amides is 1. The Labute approximate surface area is 273 Å². The molecule has 0 bridgehead atoms. The Bertz CT molecular complexity index is 1400. The van der Waals surface area contributed by atoms with Crippen molar-refractivity contribution in [3.05, 3.63) is 74.1 Å². The summed E-state index contributed by atoms with van der Waals surface area (Å²) in [6.45, 7) is 10.7. The van der Waals surface area contributed by atoms with Gasteiger partial charge in [0.25, 0.3) is 0 Å². The Kier molecular flexibility index (Phi) is 11.4. The molecule has 2 heterocycles. The number of anilines is 1. The molecule has 246 valence electrons. The van der Waals surface area contributed by atoms with Gasteiger partial charge in [-0.05, 0) is 79.8 Å². The van der Waals surface area contributed by atoms with Gasteiger partial charge in [-0.2, -0.15) is 0 Å². The number of esters is 1. The fourth-order valence-electron chi connectivity index (χ4n) is 5.07. The van der Waals surface area contributed by atoms with Gasteiger partial charge in [-0.25, -0.2) is 13.6 Å². The highest BCUT2D eigenvalue weighted by molar-refractivity contribution is 7.12. The molecule has 0 unspecified atom stereocenters. The summed E-state index contributed by atoms with van der Waals surface area (Å²) in [6, 6.07) is 9.35. The third kappa shape index (κ3) is 8.46. The number of nitrogens with zero attached hydrogens (tertiary/aromatic N) is 1. The molecule has 4 rings (SSSR count). The summed E-state index contributed by atoms with van der Waals surface area (Å²) in [5, 5.41) is 17.6. The minimum Gasteiger partial charge on any atom is -0.460 e. The van der Waals surface area contributed by atoms with Gasteiger partial charge in [0.2, 0.25) is 11.5 Å². The van der Waals surface area contributed by atoms with E-state index in [0.717, 1.165) is 25.0 Å². The van der Waals surface area contributed by atoms with Crippen LogP contribution in [0.4, 0.5) is 14.5 Å². The SMILES string of the molecule is CN(CCC(=O)Nc1cc(F)c(CO[Si](C)(C)C(C)(C)C)cc1F)C1CCC(OC(=O)C(O)(c2cccs2)c2cccs2)CC1. The van der Waals surface area contributed by atoms with Crippen molar-refractivity contribution in [2.75, 3.05) is 18.9 Å². The van der Waals surface area contributed by atoms with Crippen LogP contribution in [0.3, 0.4) is 0 Å². The van der Waals surface area contributed by atoms with Gasteiger partial charge in [0.15, 0.2) is 8.32 Å². The second-order valence-electron chi connectivity index (χ2n) is 13.3. The van der Waals surface area contributed by atoms with E-state index in [1.54, 1.807) is 24.3 Å². The molecule has 45 heavy (non-hydrogen) atoms. The molecule has 0 radical (unpaired) electrons. The lowest BCUT2D eigenvalue weighted by molar-refractivity contribution is -0.169. The molecule has 0 spiro atoms. The molecule has 2 aromatic heterocycles. The van der Waals surface area contributed by atoms with Crippen LogP contribution < -0.4 is 5.32 Å². The van der Waals surface area contributed by atoms with Crippen LogP contribution in [0.25, 0.3) is 0 Å². The standard InChI is InChI=1S/C33H44F2N2O5S2Si/c1-32(2,3)45(5,6)41-21-22-19-26(35)27(20-25(22)34)36-30(38)15-16-37(4)23-11-13-24(14-12-23)42-31(39)33(40,28-9-7-17-43-28)29-10-8-18-44-29/h7-10,17-20,23-24,40H,11-16,21H2,1-6H3,(H,36,38). The number of thiophene rings is 2. The lowest BCUT2D eigenvalue weighted by Gasteiger charge is -2.36. The van der Waals surface area contributed by atoms with Crippen molar-refractivity contribution in [1.82, 2.24) is 4.90 Å². The molecule has 1 saturated carbocycles. The number of carbonyl (C=O) groups is 2. The minimum atomic E-state index is -2.14. The molecule has 1 aliphatic rings. The van der Waals surface area contributed by atoms with Crippen LogP contribution in [-0.4, -0.2) is 55.9 Å². The van der Waals surface area contributed by atoms with Gasteiger partial charge in [-0.3, -0.25) is 4.79 Å². The summed E-state index contributed by atoms with van der Waals surface area (Å²) in [5.74, 6) is -2.40. The van der Waals surface area contributed by atoms with Gasteiger partial charge < -0.3 is 24.5 Å². The number of hydrogen-bond acceptors (Lipinski definition) is 8. The second-order valence-corrected chi connectivity index (χ2v) is 20.0. The molecule has 0 aliphatic heterocycles. The summed E-state index contributed by atoms with van der Waals surface area (Å²) in [5.41, 5.74) is -1.90. The van der Waals surface area contributed by atoms with E-state index in [4.69, 9.17) is 9.16 Å². The average Bonchev–Trinajstić information content (AvgIpc) is 3.72. The summed E-state index contributed by atoms with van der Waals surface area (Å²) < 4.78 is 41.5. The van der Waals surface area contributed by atoms with Gasteiger partial charge in [0.05, 0.1) is 22.0 Å². The first-order valence-electron chi connectivity index (χ1n) is 15.2. The highest BCUT2D eigenvalue weighted by Gasteiger charge is 2.45. The highest BCUT2D eigenvalue weighted by atomic mass is 32.1. The molecule has 12 heteroatoms. The lowest BCUT2D eigenvalue weighted by Crippen LogP contribution is -2.42. The zero-order valence-corrected chi connectivity index (χ0v) is 29.5. The van der Waals surface area contributed by atoms with Crippen LogP contribution in [0.5, 0.6) is 0 Å². The summed E-state index contributed by atoms with van der Waals surface area (Å²) in [4.78, 5) is 29.0. The Morgan fingerprint density at radius 2 is 1.62 bits per heavy atom. The topological polar surface area (TPSA) is 88.1 Å². The molecule has 2 N–H and O–H groups in total. The van der Waals surface area contributed by atoms with E-state index in [2.05, 4.69) is 31.0 Å². The van der Waals surface area contributed by atoms with Crippen LogP contribution >= 0.6 is 22.7 Å². The van der Waals surface area contributed by atoms with Crippen LogP contribution in [0.1, 0.15) is 68.2 Å². The van der Waals surface area contributed by atoms with Crippen molar-refractivity contribution in [2.45, 2.75) is 95.4 Å². The van der Waals surface area contributed by atoms with Gasteiger partial charge >= 0.3 is 5.97 Å². The quantitative estimate of drug-likeness (QED) is 0.151. The van der Waals surface area contributed by atoms with E-state index in [1.165, 1.54) is 22.7 Å². The van der Waals surface area contributed by atoms with E-state index < -0.39 is 37.4 Å². The Morgan fingerprint density at radius 3 is 2.16 bits per heavy atom. The highest BCUT2D eigenvalue weighted by Crippen LogP contribution is 2.39. The molecular formula is C33H44F2N2O5S2Si. The van der Waals surface area contributed by atoms with Crippen molar-refractivity contribution in [3.63, 3.8) is 0 Å². The number of benzene rings is 1. The van der Waals surface area contributed by atoms with Crippen molar-refractivity contribution in [1.29, 1.82) is 0 Å². The molecule has 1 fully saturated rings.